The molecule has 0 spiro atoms. The lowest BCUT2D eigenvalue weighted by Gasteiger charge is -2.27. The number of thiophene rings is 1. The standard InChI is InChI=1S/C48H31NS/c1-2-11-32(12-3-1)33-21-26-37(27-22-33)49(45-19-10-20-46-47(45)43-30-25-34-13-4-7-16-40(34)48(43)50-46)38-28-23-35(24-29-38)44-31-36-14-5-6-15-39(36)41-17-8-9-18-42(41)44/h1-31H. The van der Waals surface area contributed by atoms with Gasteiger partial charge in [-0.05, 0) is 97.0 Å². The van der Waals surface area contributed by atoms with E-state index in [-0.39, 0.29) is 0 Å². The summed E-state index contributed by atoms with van der Waals surface area (Å²) >= 11 is 1.89. The summed E-state index contributed by atoms with van der Waals surface area (Å²) in [5.41, 5.74) is 8.32. The van der Waals surface area contributed by atoms with E-state index < -0.39 is 0 Å². The maximum atomic E-state index is 2.43. The summed E-state index contributed by atoms with van der Waals surface area (Å²) in [6, 6.07) is 68.6. The van der Waals surface area contributed by atoms with Crippen LogP contribution in [-0.2, 0) is 0 Å². The highest BCUT2D eigenvalue weighted by Gasteiger charge is 2.20. The molecule has 10 rings (SSSR count). The number of hydrogen-bond acceptors (Lipinski definition) is 2. The molecule has 234 valence electrons. The number of nitrogens with zero attached hydrogens (tertiary/aromatic N) is 1. The Bertz CT molecular complexity index is 2850. The van der Waals surface area contributed by atoms with Gasteiger partial charge < -0.3 is 4.90 Å². The summed E-state index contributed by atoms with van der Waals surface area (Å²) in [6.45, 7) is 0. The Morgan fingerprint density at radius 3 is 1.72 bits per heavy atom. The van der Waals surface area contributed by atoms with Crippen molar-refractivity contribution in [2.24, 2.45) is 0 Å². The molecule has 0 atom stereocenters. The largest absolute Gasteiger partial charge is 0.310 e. The first-order valence-corrected chi connectivity index (χ1v) is 17.9. The lowest BCUT2D eigenvalue weighted by Crippen LogP contribution is -2.10. The predicted molar refractivity (Wildman–Crippen MR) is 217 cm³/mol. The Balaban J connectivity index is 1.16. The van der Waals surface area contributed by atoms with Gasteiger partial charge in [0, 0.05) is 31.5 Å². The van der Waals surface area contributed by atoms with Crippen molar-refractivity contribution in [2.75, 3.05) is 4.90 Å². The van der Waals surface area contributed by atoms with Crippen LogP contribution >= 0.6 is 11.3 Å². The number of benzene rings is 9. The Morgan fingerprint density at radius 1 is 0.360 bits per heavy atom. The highest BCUT2D eigenvalue weighted by molar-refractivity contribution is 7.26. The average molecular weight is 654 g/mol. The van der Waals surface area contributed by atoms with Crippen molar-refractivity contribution >= 4 is 80.9 Å². The second-order valence-corrected chi connectivity index (χ2v) is 14.0. The van der Waals surface area contributed by atoms with Gasteiger partial charge in [0.05, 0.1) is 5.69 Å². The van der Waals surface area contributed by atoms with Crippen molar-refractivity contribution in [3.8, 4) is 22.3 Å². The fourth-order valence-corrected chi connectivity index (χ4v) is 8.92. The molecule has 0 aliphatic rings. The van der Waals surface area contributed by atoms with Crippen LogP contribution in [0, 0.1) is 0 Å². The first-order chi connectivity index (χ1) is 24.8. The highest BCUT2D eigenvalue weighted by atomic mass is 32.1. The number of rotatable bonds is 5. The molecule has 0 fully saturated rings. The number of hydrogen-bond donors (Lipinski definition) is 0. The molecular formula is C48H31NS. The first-order valence-electron chi connectivity index (χ1n) is 17.1. The second-order valence-electron chi connectivity index (χ2n) is 12.9. The number of anilines is 3. The highest BCUT2D eigenvalue weighted by Crippen LogP contribution is 2.47. The SMILES string of the molecule is c1ccc(-c2ccc(N(c3ccc(-c4cc5ccccc5c5ccccc45)cc3)c3cccc4sc5c6ccccc6ccc5c34)cc2)cc1. The van der Waals surface area contributed by atoms with Crippen LogP contribution in [0.1, 0.15) is 0 Å². The molecule has 0 aliphatic carbocycles. The molecule has 0 bridgehead atoms. The summed E-state index contributed by atoms with van der Waals surface area (Å²) in [5, 5.41) is 10.3. The third-order valence-electron chi connectivity index (χ3n) is 10.0. The van der Waals surface area contributed by atoms with Crippen molar-refractivity contribution in [1.82, 2.24) is 0 Å². The monoisotopic (exact) mass is 653 g/mol. The summed E-state index contributed by atoms with van der Waals surface area (Å²) in [7, 11) is 0. The van der Waals surface area contributed by atoms with Crippen LogP contribution in [0.4, 0.5) is 17.1 Å². The molecule has 50 heavy (non-hydrogen) atoms. The van der Waals surface area contributed by atoms with E-state index in [0.717, 1.165) is 11.4 Å². The lowest BCUT2D eigenvalue weighted by molar-refractivity contribution is 1.30. The van der Waals surface area contributed by atoms with Crippen molar-refractivity contribution in [1.29, 1.82) is 0 Å². The number of fused-ring (bicyclic) bond motifs is 8. The van der Waals surface area contributed by atoms with E-state index in [4.69, 9.17) is 0 Å². The summed E-state index contributed by atoms with van der Waals surface area (Å²) in [5.74, 6) is 0. The van der Waals surface area contributed by atoms with E-state index in [2.05, 4.69) is 193 Å². The Kier molecular flexibility index (Phi) is 6.75. The summed E-state index contributed by atoms with van der Waals surface area (Å²) < 4.78 is 2.63. The van der Waals surface area contributed by atoms with Gasteiger partial charge in [0.15, 0.2) is 0 Å². The molecule has 1 aromatic heterocycles. The maximum absolute atomic E-state index is 2.43. The molecule has 0 saturated carbocycles. The van der Waals surface area contributed by atoms with E-state index in [0.29, 0.717) is 0 Å². The topological polar surface area (TPSA) is 3.24 Å². The average Bonchev–Trinajstić information content (AvgIpc) is 3.59. The van der Waals surface area contributed by atoms with Gasteiger partial charge in [-0.1, -0.05) is 146 Å². The van der Waals surface area contributed by atoms with E-state index in [1.807, 2.05) is 11.3 Å². The van der Waals surface area contributed by atoms with Crippen LogP contribution in [-0.4, -0.2) is 0 Å². The lowest BCUT2D eigenvalue weighted by atomic mass is 9.93. The van der Waals surface area contributed by atoms with Crippen LogP contribution in [0.5, 0.6) is 0 Å². The Labute approximate surface area is 294 Å². The predicted octanol–water partition coefficient (Wildman–Crippen LogP) is 14.3. The zero-order chi connectivity index (χ0) is 33.0. The van der Waals surface area contributed by atoms with Crippen LogP contribution in [0.3, 0.4) is 0 Å². The maximum Gasteiger partial charge on any atom is 0.0554 e. The molecule has 9 aromatic carbocycles. The molecule has 10 aromatic rings. The van der Waals surface area contributed by atoms with E-state index in [9.17, 15) is 0 Å². The van der Waals surface area contributed by atoms with Crippen molar-refractivity contribution in [3.63, 3.8) is 0 Å². The van der Waals surface area contributed by atoms with Gasteiger partial charge in [0.1, 0.15) is 0 Å². The van der Waals surface area contributed by atoms with Gasteiger partial charge in [-0.2, -0.15) is 0 Å². The van der Waals surface area contributed by atoms with Gasteiger partial charge in [-0.15, -0.1) is 11.3 Å². The van der Waals surface area contributed by atoms with Crippen LogP contribution in [0.15, 0.2) is 188 Å². The second kappa shape index (κ2) is 11.7. The minimum absolute atomic E-state index is 1.12. The van der Waals surface area contributed by atoms with Gasteiger partial charge in [0.25, 0.3) is 0 Å². The van der Waals surface area contributed by atoms with Gasteiger partial charge >= 0.3 is 0 Å². The van der Waals surface area contributed by atoms with Gasteiger partial charge in [-0.25, -0.2) is 0 Å². The molecule has 1 nitrogen and oxygen atoms in total. The van der Waals surface area contributed by atoms with Gasteiger partial charge in [-0.3, -0.25) is 0 Å². The minimum Gasteiger partial charge on any atom is -0.310 e. The molecule has 0 saturated heterocycles. The van der Waals surface area contributed by atoms with E-state index in [1.165, 1.54) is 80.4 Å². The zero-order valence-electron chi connectivity index (χ0n) is 27.3. The van der Waals surface area contributed by atoms with E-state index >= 15 is 0 Å². The smallest absolute Gasteiger partial charge is 0.0554 e. The summed E-state index contributed by atoms with van der Waals surface area (Å²) in [4.78, 5) is 2.43. The van der Waals surface area contributed by atoms with E-state index in [1.54, 1.807) is 0 Å². The Morgan fingerprint density at radius 2 is 0.960 bits per heavy atom. The Hall–Kier alpha value is -6.22. The quantitative estimate of drug-likeness (QED) is 0.167. The fraction of sp³-hybridized carbons (Fsp3) is 0. The molecule has 0 unspecified atom stereocenters. The van der Waals surface area contributed by atoms with Crippen molar-refractivity contribution in [3.05, 3.63) is 188 Å². The fourth-order valence-electron chi connectivity index (χ4n) is 7.67. The summed E-state index contributed by atoms with van der Waals surface area (Å²) in [6.07, 6.45) is 0. The third-order valence-corrected chi connectivity index (χ3v) is 11.2. The molecular weight excluding hydrogens is 623 g/mol. The minimum atomic E-state index is 1.12. The molecule has 0 aliphatic heterocycles. The first kappa shape index (κ1) is 28.8. The van der Waals surface area contributed by atoms with Crippen LogP contribution in [0.2, 0.25) is 0 Å². The molecule has 1 heterocycles. The zero-order valence-corrected chi connectivity index (χ0v) is 28.1. The third kappa shape index (κ3) is 4.69. The van der Waals surface area contributed by atoms with Gasteiger partial charge in [0.2, 0.25) is 0 Å². The molecule has 0 amide bonds. The normalized spacial score (nSPS) is 11.6. The molecule has 0 N–H and O–H groups in total. The molecule has 2 heteroatoms. The van der Waals surface area contributed by atoms with Crippen LogP contribution in [0.25, 0.3) is 74.7 Å². The van der Waals surface area contributed by atoms with Crippen molar-refractivity contribution < 1.29 is 0 Å². The molecule has 0 radical (unpaired) electrons. The van der Waals surface area contributed by atoms with Crippen LogP contribution < -0.4 is 4.90 Å². The van der Waals surface area contributed by atoms with Crippen molar-refractivity contribution in [2.45, 2.75) is 0 Å².